The Morgan fingerprint density at radius 3 is 2.56 bits per heavy atom. The maximum Gasteiger partial charge on any atom is 0.234 e. The van der Waals surface area contributed by atoms with E-state index in [-0.39, 0.29) is 11.9 Å². The van der Waals surface area contributed by atoms with Crippen molar-refractivity contribution in [3.05, 3.63) is 0 Å². The average molecular weight is 257 g/mol. The number of nitrogens with two attached hydrogens (primary N) is 1. The molecule has 0 saturated carbocycles. The lowest BCUT2D eigenvalue weighted by molar-refractivity contribution is -0.124. The number of carbonyl (C=O) groups is 1. The van der Waals surface area contributed by atoms with E-state index in [0.717, 1.165) is 25.9 Å². The number of amides is 1. The molecule has 18 heavy (non-hydrogen) atoms. The summed E-state index contributed by atoms with van der Waals surface area (Å²) in [5.41, 5.74) is 5.84. The molecule has 1 rings (SSSR count). The van der Waals surface area contributed by atoms with Crippen molar-refractivity contribution in [3.8, 4) is 0 Å². The summed E-state index contributed by atoms with van der Waals surface area (Å²) < 4.78 is 5.13. The number of methoxy groups -OCH3 is 1. The molecule has 0 radical (unpaired) electrons. The van der Waals surface area contributed by atoms with Gasteiger partial charge in [0.2, 0.25) is 5.91 Å². The van der Waals surface area contributed by atoms with Crippen molar-refractivity contribution in [2.24, 2.45) is 11.7 Å². The molecule has 1 aliphatic rings. The number of nitrogens with zero attached hydrogens (tertiary/aromatic N) is 1. The van der Waals surface area contributed by atoms with Crippen molar-refractivity contribution in [3.63, 3.8) is 0 Å². The molecule has 1 aliphatic heterocycles. The fraction of sp³-hybridized carbons (Fsp3) is 0.923. The van der Waals surface area contributed by atoms with Gasteiger partial charge in [-0.25, -0.2) is 0 Å². The van der Waals surface area contributed by atoms with Crippen LogP contribution in [0.4, 0.5) is 0 Å². The molecular weight excluding hydrogens is 230 g/mol. The van der Waals surface area contributed by atoms with E-state index in [1.807, 2.05) is 0 Å². The lowest BCUT2D eigenvalue weighted by Crippen LogP contribution is -2.48. The maximum atomic E-state index is 11.9. The molecule has 1 saturated heterocycles. The van der Waals surface area contributed by atoms with Crippen LogP contribution in [0.2, 0.25) is 0 Å². The SMILES string of the molecule is COCC(NC(=O)CN1CCC(N)CC1)C(C)C. The Labute approximate surface area is 110 Å². The highest BCUT2D eigenvalue weighted by molar-refractivity contribution is 5.78. The molecule has 0 aromatic carbocycles. The predicted octanol–water partition coefficient (Wildman–Crippen LogP) is 0.197. The minimum Gasteiger partial charge on any atom is -0.383 e. The molecule has 106 valence electrons. The molecular formula is C13H27N3O2. The van der Waals surface area contributed by atoms with Gasteiger partial charge in [-0.05, 0) is 18.8 Å². The molecule has 1 atom stereocenters. The Kier molecular flexibility index (Phi) is 6.60. The van der Waals surface area contributed by atoms with Gasteiger partial charge in [-0.2, -0.15) is 0 Å². The number of carbonyl (C=O) groups excluding carboxylic acids is 1. The number of hydrogen-bond donors (Lipinski definition) is 2. The van der Waals surface area contributed by atoms with Crippen LogP contribution in [-0.2, 0) is 9.53 Å². The van der Waals surface area contributed by atoms with E-state index >= 15 is 0 Å². The van der Waals surface area contributed by atoms with E-state index < -0.39 is 0 Å². The number of nitrogens with one attached hydrogen (secondary N) is 1. The topological polar surface area (TPSA) is 67.6 Å². The standard InChI is InChI=1S/C13H27N3O2/c1-10(2)12(9-18-3)15-13(17)8-16-6-4-11(14)5-7-16/h10-12H,4-9,14H2,1-3H3,(H,15,17). The van der Waals surface area contributed by atoms with E-state index in [4.69, 9.17) is 10.5 Å². The van der Waals surface area contributed by atoms with Gasteiger partial charge in [0.1, 0.15) is 0 Å². The van der Waals surface area contributed by atoms with Gasteiger partial charge < -0.3 is 15.8 Å². The van der Waals surface area contributed by atoms with Gasteiger partial charge in [0.25, 0.3) is 0 Å². The molecule has 1 unspecified atom stereocenters. The second kappa shape index (κ2) is 7.71. The molecule has 5 nitrogen and oxygen atoms in total. The van der Waals surface area contributed by atoms with Gasteiger partial charge in [-0.3, -0.25) is 9.69 Å². The van der Waals surface area contributed by atoms with Crippen LogP contribution in [0.15, 0.2) is 0 Å². The third-order valence-electron chi connectivity index (χ3n) is 3.50. The smallest absolute Gasteiger partial charge is 0.234 e. The summed E-state index contributed by atoms with van der Waals surface area (Å²) in [6.07, 6.45) is 1.97. The first kappa shape index (κ1) is 15.4. The first-order chi connectivity index (χ1) is 8.52. The summed E-state index contributed by atoms with van der Waals surface area (Å²) in [7, 11) is 1.66. The molecule has 1 heterocycles. The highest BCUT2D eigenvalue weighted by atomic mass is 16.5. The zero-order chi connectivity index (χ0) is 13.5. The first-order valence-electron chi connectivity index (χ1n) is 6.79. The molecule has 1 amide bonds. The summed E-state index contributed by atoms with van der Waals surface area (Å²) in [5, 5.41) is 3.04. The van der Waals surface area contributed by atoms with Gasteiger partial charge >= 0.3 is 0 Å². The molecule has 0 aromatic rings. The molecule has 5 heteroatoms. The molecule has 0 spiro atoms. The largest absolute Gasteiger partial charge is 0.383 e. The monoisotopic (exact) mass is 257 g/mol. The van der Waals surface area contributed by atoms with E-state index in [1.165, 1.54) is 0 Å². The Hall–Kier alpha value is -0.650. The summed E-state index contributed by atoms with van der Waals surface area (Å²) in [6, 6.07) is 0.399. The molecule has 0 aromatic heterocycles. The second-order valence-corrected chi connectivity index (χ2v) is 5.49. The quantitative estimate of drug-likeness (QED) is 0.713. The highest BCUT2D eigenvalue weighted by Gasteiger charge is 2.20. The fourth-order valence-electron chi connectivity index (χ4n) is 2.15. The first-order valence-corrected chi connectivity index (χ1v) is 6.79. The van der Waals surface area contributed by atoms with Crippen LogP contribution in [0.5, 0.6) is 0 Å². The van der Waals surface area contributed by atoms with Crippen molar-refractivity contribution in [1.29, 1.82) is 0 Å². The zero-order valence-electron chi connectivity index (χ0n) is 11.8. The Bertz CT molecular complexity index is 251. The summed E-state index contributed by atoms with van der Waals surface area (Å²) >= 11 is 0. The van der Waals surface area contributed by atoms with E-state index in [0.29, 0.717) is 25.1 Å². The number of ether oxygens (including phenoxy) is 1. The lowest BCUT2D eigenvalue weighted by Gasteiger charge is -2.30. The second-order valence-electron chi connectivity index (χ2n) is 5.49. The third-order valence-corrected chi connectivity index (χ3v) is 3.50. The van der Waals surface area contributed by atoms with Crippen molar-refractivity contribution in [2.45, 2.75) is 38.8 Å². The van der Waals surface area contributed by atoms with Crippen LogP contribution in [0.1, 0.15) is 26.7 Å². The minimum absolute atomic E-state index is 0.0845. The Morgan fingerprint density at radius 1 is 1.44 bits per heavy atom. The summed E-state index contributed by atoms with van der Waals surface area (Å²) in [5.74, 6) is 0.463. The third kappa shape index (κ3) is 5.33. The highest BCUT2D eigenvalue weighted by Crippen LogP contribution is 2.08. The maximum absolute atomic E-state index is 11.9. The van der Waals surface area contributed by atoms with E-state index in [2.05, 4.69) is 24.1 Å². The van der Waals surface area contributed by atoms with Gasteiger partial charge in [-0.15, -0.1) is 0 Å². The van der Waals surface area contributed by atoms with Crippen molar-refractivity contribution in [2.75, 3.05) is 33.4 Å². The Balaban J connectivity index is 2.31. The van der Waals surface area contributed by atoms with Crippen molar-refractivity contribution < 1.29 is 9.53 Å². The number of hydrogen-bond acceptors (Lipinski definition) is 4. The van der Waals surface area contributed by atoms with Gasteiger partial charge in [0.15, 0.2) is 0 Å². The molecule has 1 fully saturated rings. The molecule has 0 aliphatic carbocycles. The van der Waals surface area contributed by atoms with E-state index in [9.17, 15) is 4.79 Å². The number of likely N-dealkylation sites (tertiary alicyclic amines) is 1. The van der Waals surface area contributed by atoms with Gasteiger partial charge in [0.05, 0.1) is 19.2 Å². The van der Waals surface area contributed by atoms with Crippen LogP contribution in [0.25, 0.3) is 0 Å². The van der Waals surface area contributed by atoms with Crippen LogP contribution in [-0.4, -0.2) is 56.2 Å². The fourth-order valence-corrected chi connectivity index (χ4v) is 2.15. The van der Waals surface area contributed by atoms with Gasteiger partial charge in [-0.1, -0.05) is 13.8 Å². The Morgan fingerprint density at radius 2 is 2.06 bits per heavy atom. The van der Waals surface area contributed by atoms with Crippen LogP contribution in [0.3, 0.4) is 0 Å². The zero-order valence-corrected chi connectivity index (χ0v) is 11.8. The lowest BCUT2D eigenvalue weighted by atomic mass is 10.0. The summed E-state index contributed by atoms with van der Waals surface area (Å²) in [4.78, 5) is 14.1. The normalized spacial score (nSPS) is 20.1. The van der Waals surface area contributed by atoms with Gasteiger partial charge in [0, 0.05) is 26.2 Å². The number of piperidine rings is 1. The predicted molar refractivity (Wildman–Crippen MR) is 72.3 cm³/mol. The summed E-state index contributed by atoms with van der Waals surface area (Å²) in [6.45, 7) is 7.05. The van der Waals surface area contributed by atoms with Crippen LogP contribution in [0, 0.1) is 5.92 Å². The van der Waals surface area contributed by atoms with Crippen molar-refractivity contribution >= 4 is 5.91 Å². The van der Waals surface area contributed by atoms with E-state index in [1.54, 1.807) is 7.11 Å². The van der Waals surface area contributed by atoms with Crippen molar-refractivity contribution in [1.82, 2.24) is 10.2 Å². The molecule has 3 N–H and O–H groups in total. The minimum atomic E-state index is 0.0845. The average Bonchev–Trinajstić information content (AvgIpc) is 2.31. The molecule has 0 bridgehead atoms. The number of rotatable bonds is 6. The van der Waals surface area contributed by atoms with Crippen LogP contribution < -0.4 is 11.1 Å². The van der Waals surface area contributed by atoms with Crippen LogP contribution >= 0.6 is 0 Å².